The number of piperidine rings is 2. The van der Waals surface area contributed by atoms with E-state index in [-0.39, 0.29) is 36.1 Å². The van der Waals surface area contributed by atoms with E-state index in [1.54, 1.807) is 38.1 Å². The van der Waals surface area contributed by atoms with Gasteiger partial charge in [0.1, 0.15) is 11.7 Å². The number of amides is 5. The van der Waals surface area contributed by atoms with Crippen molar-refractivity contribution in [3.63, 3.8) is 0 Å². The summed E-state index contributed by atoms with van der Waals surface area (Å²) in [5, 5.41) is 25.7. The van der Waals surface area contributed by atoms with Crippen LogP contribution in [0.15, 0.2) is 54.7 Å². The molecule has 5 aliphatic rings. The Labute approximate surface area is 343 Å². The number of aliphatic hydroxyl groups is 1. The van der Waals surface area contributed by atoms with Gasteiger partial charge in [-0.2, -0.15) is 5.10 Å². The Hall–Kier alpha value is -5.47. The number of hydrogen-bond acceptors (Lipinski definition) is 10. The van der Waals surface area contributed by atoms with Crippen LogP contribution in [0.3, 0.4) is 0 Å². The Balaban J connectivity index is 0.763. The fourth-order valence-corrected chi connectivity index (χ4v) is 10.3. The first-order valence-corrected chi connectivity index (χ1v) is 21.1. The number of benzene rings is 2. The molecule has 2 aromatic heterocycles. The van der Waals surface area contributed by atoms with Crippen molar-refractivity contribution in [1.82, 2.24) is 29.9 Å². The minimum atomic E-state index is -1.19. The Kier molecular flexibility index (Phi) is 9.90. The van der Waals surface area contributed by atoms with Crippen LogP contribution in [0, 0.1) is 18.3 Å². The van der Waals surface area contributed by atoms with Gasteiger partial charge in [-0.15, -0.1) is 0 Å². The number of carbonyl (C=O) groups is 5. The molecule has 5 amide bonds. The molecule has 4 fully saturated rings. The van der Waals surface area contributed by atoms with E-state index in [0.29, 0.717) is 45.7 Å². The van der Waals surface area contributed by atoms with Crippen LogP contribution < -0.4 is 16.0 Å². The molecule has 2 aromatic carbocycles. The second-order valence-electron chi connectivity index (χ2n) is 18.1. The van der Waals surface area contributed by atoms with Gasteiger partial charge in [0.05, 0.1) is 28.3 Å². The van der Waals surface area contributed by atoms with Crippen LogP contribution in [-0.4, -0.2) is 90.9 Å². The molecule has 0 bridgehead atoms. The number of nitrogens with one attached hydrogen (secondary N) is 3. The van der Waals surface area contributed by atoms with Crippen LogP contribution in [0.4, 0.5) is 11.4 Å². The fourth-order valence-electron chi connectivity index (χ4n) is 10.3. The predicted molar refractivity (Wildman–Crippen MR) is 221 cm³/mol. The summed E-state index contributed by atoms with van der Waals surface area (Å²) >= 11 is 0. The third-order valence-corrected chi connectivity index (χ3v) is 13.5. The number of fused-ring (bicyclic) bond motifs is 2. The highest BCUT2D eigenvalue weighted by molar-refractivity contribution is 6.25. The summed E-state index contributed by atoms with van der Waals surface area (Å²) in [6.45, 7) is 8.53. The molecule has 2 aliphatic carbocycles. The summed E-state index contributed by atoms with van der Waals surface area (Å²) < 4.78 is 2.08. The third kappa shape index (κ3) is 7.52. The molecule has 5 heterocycles. The molecule has 4 N–H and O–H groups in total. The van der Waals surface area contributed by atoms with E-state index < -0.39 is 29.4 Å². The maximum atomic E-state index is 13.6. The number of nitrogens with zero attached hydrogens (tertiary/aromatic N) is 5. The average Bonchev–Trinajstić information content (AvgIpc) is 3.72. The Morgan fingerprint density at radius 2 is 1.69 bits per heavy atom. The van der Waals surface area contributed by atoms with E-state index in [4.69, 9.17) is 5.10 Å². The smallest absolute Gasteiger partial charge is 0.274 e. The van der Waals surface area contributed by atoms with Crippen LogP contribution >= 0.6 is 0 Å². The standard InChI is InChI=1S/C45H52N8O6/c1-26-6-4-9-34(46-26)40(55)48-36-20-28-25-52(50-35(28)21-32(36)44(2,3)59)30-12-10-27(11-13-30)24-51-18-16-45(17-19-51)22-29(23-45)47-33-8-5-7-31-39(33)43(58)53(42(31)57)37-14-15-38(54)49-41(37)56/h4-9,20-21,25,27,29-30,37,47,59H,10-19,22-24H2,1-3H3,(H,48,55)(H,49,54,56). The quantitative estimate of drug-likeness (QED) is 0.153. The lowest BCUT2D eigenvalue weighted by Gasteiger charge is -2.53. The molecule has 14 nitrogen and oxygen atoms in total. The lowest BCUT2D eigenvalue weighted by molar-refractivity contribution is -0.136. The number of rotatable bonds is 9. The first-order chi connectivity index (χ1) is 28.2. The first kappa shape index (κ1) is 39.0. The number of aryl methyl sites for hydroxylation is 1. The molecule has 14 heteroatoms. The van der Waals surface area contributed by atoms with Crippen molar-refractivity contribution >= 4 is 51.8 Å². The van der Waals surface area contributed by atoms with Gasteiger partial charge >= 0.3 is 0 Å². The van der Waals surface area contributed by atoms with E-state index in [2.05, 4.69) is 36.7 Å². The number of anilines is 2. The summed E-state index contributed by atoms with van der Waals surface area (Å²) in [5.74, 6) is -1.65. The minimum Gasteiger partial charge on any atom is -0.386 e. The van der Waals surface area contributed by atoms with Crippen molar-refractivity contribution in [3.8, 4) is 0 Å². The number of likely N-dealkylation sites (tertiary alicyclic amines) is 1. The average molecular weight is 801 g/mol. The van der Waals surface area contributed by atoms with Gasteiger partial charge < -0.3 is 20.6 Å². The van der Waals surface area contributed by atoms with Gasteiger partial charge in [0.2, 0.25) is 11.8 Å². The lowest BCUT2D eigenvalue weighted by Crippen LogP contribution is -2.54. The van der Waals surface area contributed by atoms with Gasteiger partial charge in [-0.1, -0.05) is 12.1 Å². The zero-order chi connectivity index (χ0) is 41.2. The van der Waals surface area contributed by atoms with E-state index in [0.717, 1.165) is 92.5 Å². The fraction of sp³-hybridized carbons (Fsp3) is 0.489. The first-order valence-electron chi connectivity index (χ1n) is 21.1. The Morgan fingerprint density at radius 3 is 2.41 bits per heavy atom. The number of carbonyl (C=O) groups excluding carboxylic acids is 5. The molecule has 1 spiro atoms. The maximum Gasteiger partial charge on any atom is 0.274 e. The van der Waals surface area contributed by atoms with Crippen LogP contribution in [0.25, 0.3) is 10.9 Å². The second-order valence-corrected chi connectivity index (χ2v) is 18.1. The monoisotopic (exact) mass is 800 g/mol. The van der Waals surface area contributed by atoms with Gasteiger partial charge in [-0.25, -0.2) is 4.98 Å². The number of hydrogen-bond donors (Lipinski definition) is 4. The maximum absolute atomic E-state index is 13.6. The summed E-state index contributed by atoms with van der Waals surface area (Å²) in [6.07, 6.45) is 11.0. The van der Waals surface area contributed by atoms with Crippen molar-refractivity contribution in [1.29, 1.82) is 0 Å². The predicted octanol–water partition coefficient (Wildman–Crippen LogP) is 5.71. The van der Waals surface area contributed by atoms with Crippen LogP contribution in [0.1, 0.15) is 127 Å². The summed E-state index contributed by atoms with van der Waals surface area (Å²) in [6, 6.07) is 13.9. The van der Waals surface area contributed by atoms with Crippen molar-refractivity contribution in [2.24, 2.45) is 11.3 Å². The van der Waals surface area contributed by atoms with E-state index in [1.165, 1.54) is 0 Å². The molecule has 9 rings (SSSR count). The molecule has 2 saturated carbocycles. The molecule has 4 aromatic rings. The zero-order valence-electron chi connectivity index (χ0n) is 33.9. The topological polar surface area (TPSA) is 179 Å². The zero-order valence-corrected chi connectivity index (χ0v) is 33.9. The van der Waals surface area contributed by atoms with Crippen molar-refractivity contribution < 1.29 is 29.1 Å². The van der Waals surface area contributed by atoms with Crippen LogP contribution in [0.5, 0.6) is 0 Å². The number of aromatic nitrogens is 3. The molecular weight excluding hydrogens is 749 g/mol. The van der Waals surface area contributed by atoms with Gasteiger partial charge in [-0.3, -0.25) is 38.9 Å². The summed E-state index contributed by atoms with van der Waals surface area (Å²) in [4.78, 5) is 72.2. The SMILES string of the molecule is Cc1cccc(C(=O)Nc2cc3cn(C4CCC(CN5CCC6(CC5)CC(Nc5cccc7c5C(=O)N(C5CCC(=O)NC5=O)C7=O)C6)CC4)nc3cc2C(C)(C)O)n1. The van der Waals surface area contributed by atoms with E-state index >= 15 is 0 Å². The molecule has 2 saturated heterocycles. The number of imide groups is 2. The molecular formula is C45H52N8O6. The van der Waals surface area contributed by atoms with Crippen molar-refractivity contribution in [2.75, 3.05) is 30.3 Å². The van der Waals surface area contributed by atoms with Crippen LogP contribution in [0.2, 0.25) is 0 Å². The van der Waals surface area contributed by atoms with Gasteiger partial charge in [0, 0.05) is 53.2 Å². The third-order valence-electron chi connectivity index (χ3n) is 13.5. The highest BCUT2D eigenvalue weighted by Gasteiger charge is 2.48. The summed E-state index contributed by atoms with van der Waals surface area (Å²) in [5.41, 5.74) is 3.37. The Morgan fingerprint density at radius 1 is 0.949 bits per heavy atom. The Bertz CT molecular complexity index is 2360. The molecule has 1 atom stereocenters. The second kappa shape index (κ2) is 15.0. The lowest BCUT2D eigenvalue weighted by atomic mass is 9.60. The molecule has 3 aliphatic heterocycles. The van der Waals surface area contributed by atoms with E-state index in [9.17, 15) is 29.1 Å². The van der Waals surface area contributed by atoms with Gasteiger partial charge in [-0.05, 0) is 139 Å². The molecule has 1 unspecified atom stereocenters. The van der Waals surface area contributed by atoms with Gasteiger partial charge in [0.15, 0.2) is 0 Å². The van der Waals surface area contributed by atoms with Crippen molar-refractivity contribution in [2.45, 2.75) is 109 Å². The summed E-state index contributed by atoms with van der Waals surface area (Å²) in [7, 11) is 0. The van der Waals surface area contributed by atoms with Crippen molar-refractivity contribution in [3.05, 3.63) is 82.8 Å². The minimum absolute atomic E-state index is 0.0919. The highest BCUT2D eigenvalue weighted by atomic mass is 16.3. The molecule has 59 heavy (non-hydrogen) atoms. The highest BCUT2D eigenvalue weighted by Crippen LogP contribution is 2.51. The molecule has 0 radical (unpaired) electrons. The largest absolute Gasteiger partial charge is 0.386 e. The number of pyridine rings is 1. The normalized spacial score (nSPS) is 23.7. The van der Waals surface area contributed by atoms with Gasteiger partial charge in [0.25, 0.3) is 17.7 Å². The van der Waals surface area contributed by atoms with E-state index in [1.807, 2.05) is 31.2 Å². The van der Waals surface area contributed by atoms with Crippen LogP contribution in [-0.2, 0) is 15.2 Å². The molecule has 308 valence electrons.